The number of carbonyl (C=O) groups is 1. The van der Waals surface area contributed by atoms with Crippen LogP contribution in [-0.4, -0.2) is 50.0 Å². The van der Waals surface area contributed by atoms with Crippen molar-refractivity contribution in [3.8, 4) is 40.2 Å². The normalized spacial score (nSPS) is 11.8. The molecule has 0 radical (unpaired) electrons. The Kier molecular flexibility index (Phi) is 6.03. The van der Waals surface area contributed by atoms with E-state index in [1.165, 1.54) is 21.3 Å². The molecule has 0 aliphatic carbocycles. The van der Waals surface area contributed by atoms with Gasteiger partial charge < -0.3 is 33.4 Å². The van der Waals surface area contributed by atoms with Crippen molar-refractivity contribution in [1.82, 2.24) is 10.2 Å². The molecule has 0 atom stereocenters. The molecule has 11 heteroatoms. The molecule has 0 saturated heterocycles. The van der Waals surface area contributed by atoms with Crippen LogP contribution in [0, 0.1) is 0 Å². The van der Waals surface area contributed by atoms with Gasteiger partial charge in [0.15, 0.2) is 23.0 Å². The minimum absolute atomic E-state index is 0.0886. The second kappa shape index (κ2) is 9.04. The van der Waals surface area contributed by atoms with Gasteiger partial charge >= 0.3 is 0 Å². The number of rotatable bonds is 8. The van der Waals surface area contributed by atoms with Gasteiger partial charge in [-0.25, -0.2) is 0 Å². The van der Waals surface area contributed by atoms with Crippen molar-refractivity contribution in [3.63, 3.8) is 0 Å². The van der Waals surface area contributed by atoms with E-state index in [-0.39, 0.29) is 29.6 Å². The van der Waals surface area contributed by atoms with Crippen molar-refractivity contribution in [1.29, 1.82) is 0 Å². The van der Waals surface area contributed by atoms with Crippen molar-refractivity contribution in [2.75, 3.05) is 39.2 Å². The first kappa shape index (κ1) is 20.7. The molecule has 0 spiro atoms. The van der Waals surface area contributed by atoms with E-state index >= 15 is 0 Å². The molecular formula is C20H19N3O7S. The van der Waals surface area contributed by atoms with Crippen LogP contribution < -0.4 is 29.0 Å². The lowest BCUT2D eigenvalue weighted by molar-refractivity contribution is -0.113. The summed E-state index contributed by atoms with van der Waals surface area (Å²) in [7, 11) is 4.57. The SMILES string of the molecule is COc1cc(-c2nnc(SCC(=O)Nc3ccc4c(c3)OCO4)o2)cc(OC)c1OC. The lowest BCUT2D eigenvalue weighted by Crippen LogP contribution is -2.13. The third-order valence-electron chi connectivity index (χ3n) is 4.30. The van der Waals surface area contributed by atoms with Gasteiger partial charge in [-0.2, -0.15) is 0 Å². The van der Waals surface area contributed by atoms with Gasteiger partial charge in [-0.3, -0.25) is 4.79 Å². The number of fused-ring (bicyclic) bond motifs is 1. The number of ether oxygens (including phenoxy) is 5. The summed E-state index contributed by atoms with van der Waals surface area (Å²) < 4.78 is 32.2. The number of amides is 1. The minimum Gasteiger partial charge on any atom is -0.493 e. The molecule has 1 amide bonds. The van der Waals surface area contributed by atoms with Crippen LogP contribution in [-0.2, 0) is 4.79 Å². The van der Waals surface area contributed by atoms with Crippen LogP contribution in [0.3, 0.4) is 0 Å². The van der Waals surface area contributed by atoms with Gasteiger partial charge in [0.1, 0.15) is 0 Å². The second-order valence-corrected chi connectivity index (χ2v) is 7.12. The summed E-state index contributed by atoms with van der Waals surface area (Å²) in [6.45, 7) is 0.175. The van der Waals surface area contributed by atoms with Gasteiger partial charge in [0.25, 0.3) is 5.22 Å². The van der Waals surface area contributed by atoms with Gasteiger partial charge in [0, 0.05) is 17.3 Å². The highest BCUT2D eigenvalue weighted by atomic mass is 32.2. The van der Waals surface area contributed by atoms with Crippen LogP contribution in [0.25, 0.3) is 11.5 Å². The van der Waals surface area contributed by atoms with Gasteiger partial charge in [0.05, 0.1) is 27.1 Å². The lowest BCUT2D eigenvalue weighted by atomic mass is 10.2. The molecule has 0 saturated carbocycles. The zero-order valence-corrected chi connectivity index (χ0v) is 17.8. The summed E-state index contributed by atoms with van der Waals surface area (Å²) in [5, 5.41) is 11.1. The summed E-state index contributed by atoms with van der Waals surface area (Å²) in [4.78, 5) is 12.3. The number of aromatic nitrogens is 2. The van der Waals surface area contributed by atoms with Crippen LogP contribution in [0.4, 0.5) is 5.69 Å². The second-order valence-electron chi connectivity index (χ2n) is 6.19. The Bertz CT molecular complexity index is 1080. The van der Waals surface area contributed by atoms with E-state index in [4.69, 9.17) is 28.1 Å². The quantitative estimate of drug-likeness (QED) is 0.518. The molecule has 1 aromatic heterocycles. The van der Waals surface area contributed by atoms with Gasteiger partial charge in [0.2, 0.25) is 24.3 Å². The molecule has 1 aliphatic heterocycles. The Hall–Kier alpha value is -3.60. The molecule has 0 unspecified atom stereocenters. The van der Waals surface area contributed by atoms with Crippen molar-refractivity contribution in [2.24, 2.45) is 0 Å². The van der Waals surface area contributed by atoms with Crippen molar-refractivity contribution >= 4 is 23.4 Å². The van der Waals surface area contributed by atoms with Crippen LogP contribution >= 0.6 is 11.8 Å². The number of benzene rings is 2. The summed E-state index contributed by atoms with van der Waals surface area (Å²) >= 11 is 1.12. The Morgan fingerprint density at radius 1 is 1.03 bits per heavy atom. The average Bonchev–Trinajstić information content (AvgIpc) is 3.45. The number of hydrogen-bond donors (Lipinski definition) is 1. The molecule has 2 aromatic carbocycles. The summed E-state index contributed by atoms with van der Waals surface area (Å²) in [5.41, 5.74) is 1.21. The first-order valence-electron chi connectivity index (χ1n) is 9.07. The van der Waals surface area contributed by atoms with E-state index in [9.17, 15) is 4.79 Å². The number of carbonyl (C=O) groups excluding carboxylic acids is 1. The fourth-order valence-corrected chi connectivity index (χ4v) is 3.45. The number of nitrogens with one attached hydrogen (secondary N) is 1. The zero-order chi connectivity index (χ0) is 21.8. The standard InChI is InChI=1S/C20H19N3O7S/c1-25-15-6-11(7-16(26-2)18(15)27-3)19-22-23-20(30-19)31-9-17(24)21-12-4-5-13-14(8-12)29-10-28-13/h4-8H,9-10H2,1-3H3,(H,21,24). The first-order valence-corrected chi connectivity index (χ1v) is 10.1. The minimum atomic E-state index is -0.226. The van der Waals surface area contributed by atoms with Crippen LogP contribution in [0.5, 0.6) is 28.7 Å². The predicted molar refractivity (Wildman–Crippen MR) is 111 cm³/mol. The molecule has 1 aliphatic rings. The maximum absolute atomic E-state index is 12.3. The highest BCUT2D eigenvalue weighted by Crippen LogP contribution is 2.41. The van der Waals surface area contributed by atoms with Crippen molar-refractivity contribution in [3.05, 3.63) is 30.3 Å². The van der Waals surface area contributed by atoms with E-state index in [0.29, 0.717) is 40.0 Å². The molecule has 31 heavy (non-hydrogen) atoms. The number of hydrogen-bond acceptors (Lipinski definition) is 10. The van der Waals surface area contributed by atoms with E-state index in [2.05, 4.69) is 15.5 Å². The smallest absolute Gasteiger partial charge is 0.277 e. The first-order chi connectivity index (χ1) is 15.1. The topological polar surface area (TPSA) is 114 Å². The van der Waals surface area contributed by atoms with Gasteiger partial charge in [-0.15, -0.1) is 10.2 Å². The number of methoxy groups -OCH3 is 3. The van der Waals surface area contributed by atoms with Gasteiger partial charge in [-0.1, -0.05) is 11.8 Å². The number of nitrogens with zero attached hydrogens (tertiary/aromatic N) is 2. The van der Waals surface area contributed by atoms with E-state index in [1.807, 2.05) is 0 Å². The summed E-state index contributed by atoms with van der Waals surface area (Å²) in [6.07, 6.45) is 0. The molecule has 2 heterocycles. The number of thioether (sulfide) groups is 1. The molecule has 1 N–H and O–H groups in total. The van der Waals surface area contributed by atoms with E-state index in [1.54, 1.807) is 30.3 Å². The molecule has 162 valence electrons. The summed E-state index contributed by atoms with van der Waals surface area (Å²) in [5.74, 6) is 2.76. The molecular weight excluding hydrogens is 426 g/mol. The fourth-order valence-electron chi connectivity index (χ4n) is 2.89. The highest BCUT2D eigenvalue weighted by molar-refractivity contribution is 7.99. The average molecular weight is 445 g/mol. The number of anilines is 1. The van der Waals surface area contributed by atoms with Crippen molar-refractivity contribution in [2.45, 2.75) is 5.22 Å². The van der Waals surface area contributed by atoms with E-state index in [0.717, 1.165) is 11.8 Å². The van der Waals surface area contributed by atoms with Crippen LogP contribution in [0.1, 0.15) is 0 Å². The van der Waals surface area contributed by atoms with E-state index < -0.39 is 0 Å². The third-order valence-corrected chi connectivity index (χ3v) is 5.12. The monoisotopic (exact) mass is 445 g/mol. The molecule has 0 fully saturated rings. The van der Waals surface area contributed by atoms with Crippen molar-refractivity contribution < 1.29 is 32.9 Å². The molecule has 10 nitrogen and oxygen atoms in total. The predicted octanol–water partition coefficient (Wildman–Crippen LogP) is 3.22. The zero-order valence-electron chi connectivity index (χ0n) is 17.0. The maximum atomic E-state index is 12.3. The Balaban J connectivity index is 1.41. The highest BCUT2D eigenvalue weighted by Gasteiger charge is 2.18. The summed E-state index contributed by atoms with van der Waals surface area (Å²) in [6, 6.07) is 8.60. The Morgan fingerprint density at radius 2 is 1.77 bits per heavy atom. The molecule has 3 aromatic rings. The molecule has 4 rings (SSSR count). The largest absolute Gasteiger partial charge is 0.493 e. The van der Waals surface area contributed by atoms with Crippen LogP contribution in [0.2, 0.25) is 0 Å². The maximum Gasteiger partial charge on any atom is 0.277 e. The Labute approximate surface area is 181 Å². The van der Waals surface area contributed by atoms with Gasteiger partial charge in [-0.05, 0) is 24.3 Å². The Morgan fingerprint density at radius 3 is 2.48 bits per heavy atom. The third kappa shape index (κ3) is 4.45. The fraction of sp³-hybridized carbons (Fsp3) is 0.250. The molecule has 0 bridgehead atoms. The lowest BCUT2D eigenvalue weighted by Gasteiger charge is -2.12. The van der Waals surface area contributed by atoms with Crippen LogP contribution in [0.15, 0.2) is 40.0 Å².